The number of anilines is 1. The standard InChI is InChI=1S/C22H28N4O5S/c1-17-20(10-7-11-21(17)26(28)29)25(32(2,30)31)16-22(27)23-14-18-8-3-4-9-19(18)15-24-12-5-6-13-24/h3-4,7-11H,5-6,12-16H2,1-2H3,(H,23,27). The van der Waals surface area contributed by atoms with Crippen molar-refractivity contribution in [2.24, 2.45) is 0 Å². The molecule has 2 aromatic rings. The molecular formula is C22H28N4O5S. The highest BCUT2D eigenvalue weighted by molar-refractivity contribution is 7.92. The first kappa shape index (κ1) is 23.7. The topological polar surface area (TPSA) is 113 Å². The van der Waals surface area contributed by atoms with Crippen molar-refractivity contribution < 1.29 is 18.1 Å². The van der Waals surface area contributed by atoms with Crippen molar-refractivity contribution in [1.82, 2.24) is 10.2 Å². The first-order chi connectivity index (χ1) is 15.2. The highest BCUT2D eigenvalue weighted by atomic mass is 32.2. The lowest BCUT2D eigenvalue weighted by Gasteiger charge is -2.23. The summed E-state index contributed by atoms with van der Waals surface area (Å²) in [5.74, 6) is -0.489. The molecule has 0 aliphatic carbocycles. The molecule has 2 aromatic carbocycles. The van der Waals surface area contributed by atoms with E-state index in [9.17, 15) is 23.3 Å². The van der Waals surface area contributed by atoms with Gasteiger partial charge in [0.25, 0.3) is 5.69 Å². The van der Waals surface area contributed by atoms with Crippen LogP contribution in [-0.2, 0) is 27.9 Å². The maximum absolute atomic E-state index is 12.7. The zero-order valence-corrected chi connectivity index (χ0v) is 19.1. The predicted molar refractivity (Wildman–Crippen MR) is 123 cm³/mol. The smallest absolute Gasteiger partial charge is 0.274 e. The van der Waals surface area contributed by atoms with Gasteiger partial charge in [0, 0.05) is 19.2 Å². The van der Waals surface area contributed by atoms with Crippen LogP contribution in [0.3, 0.4) is 0 Å². The van der Waals surface area contributed by atoms with Crippen LogP contribution in [0.2, 0.25) is 0 Å². The summed E-state index contributed by atoms with van der Waals surface area (Å²) < 4.78 is 25.7. The zero-order valence-electron chi connectivity index (χ0n) is 18.3. The van der Waals surface area contributed by atoms with Gasteiger partial charge in [0.1, 0.15) is 6.54 Å². The molecule has 1 aliphatic rings. The number of rotatable bonds is 9. The summed E-state index contributed by atoms with van der Waals surface area (Å²) >= 11 is 0. The van der Waals surface area contributed by atoms with Crippen molar-refractivity contribution in [3.63, 3.8) is 0 Å². The van der Waals surface area contributed by atoms with Crippen molar-refractivity contribution in [3.8, 4) is 0 Å². The van der Waals surface area contributed by atoms with Crippen LogP contribution in [0.5, 0.6) is 0 Å². The van der Waals surface area contributed by atoms with Crippen molar-refractivity contribution in [1.29, 1.82) is 0 Å². The lowest BCUT2D eigenvalue weighted by atomic mass is 10.1. The summed E-state index contributed by atoms with van der Waals surface area (Å²) in [4.78, 5) is 25.7. The van der Waals surface area contributed by atoms with Gasteiger partial charge in [-0.3, -0.25) is 24.1 Å². The van der Waals surface area contributed by atoms with E-state index in [-0.39, 0.29) is 23.5 Å². The molecule has 0 radical (unpaired) electrons. The molecular weight excluding hydrogens is 432 g/mol. The van der Waals surface area contributed by atoms with Gasteiger partial charge >= 0.3 is 0 Å². The molecule has 0 spiro atoms. The van der Waals surface area contributed by atoms with E-state index >= 15 is 0 Å². The van der Waals surface area contributed by atoms with Crippen LogP contribution < -0.4 is 9.62 Å². The predicted octanol–water partition coefficient (Wildman–Crippen LogP) is 2.58. The third-order valence-corrected chi connectivity index (χ3v) is 6.74. The number of nitrogens with one attached hydrogen (secondary N) is 1. The number of nitro groups is 1. The molecule has 1 saturated heterocycles. The Labute approximate surface area is 188 Å². The molecule has 1 N–H and O–H groups in total. The number of hydrogen-bond acceptors (Lipinski definition) is 6. The Morgan fingerprint density at radius 3 is 2.41 bits per heavy atom. The lowest BCUT2D eigenvalue weighted by molar-refractivity contribution is -0.385. The number of likely N-dealkylation sites (tertiary alicyclic amines) is 1. The summed E-state index contributed by atoms with van der Waals surface area (Å²) in [6, 6.07) is 12.0. The molecule has 0 aromatic heterocycles. The van der Waals surface area contributed by atoms with Gasteiger partial charge in [-0.25, -0.2) is 8.42 Å². The number of carbonyl (C=O) groups is 1. The SMILES string of the molecule is Cc1c(N(CC(=O)NCc2ccccc2CN2CCCC2)S(C)(=O)=O)cccc1[N+](=O)[O-]. The molecule has 0 saturated carbocycles. The van der Waals surface area contributed by atoms with Crippen molar-refractivity contribution >= 4 is 27.3 Å². The van der Waals surface area contributed by atoms with Crippen LogP contribution in [0.15, 0.2) is 42.5 Å². The zero-order chi connectivity index (χ0) is 23.3. The van der Waals surface area contributed by atoms with Crippen LogP contribution in [0, 0.1) is 17.0 Å². The van der Waals surface area contributed by atoms with Gasteiger partial charge in [0.2, 0.25) is 15.9 Å². The molecule has 1 fully saturated rings. The van der Waals surface area contributed by atoms with Gasteiger partial charge in [-0.1, -0.05) is 30.3 Å². The Morgan fingerprint density at radius 1 is 1.12 bits per heavy atom. The Balaban J connectivity index is 1.73. The molecule has 0 bridgehead atoms. The number of hydrogen-bond donors (Lipinski definition) is 1. The van der Waals surface area contributed by atoms with Crippen LogP contribution in [0.1, 0.15) is 29.5 Å². The fourth-order valence-corrected chi connectivity index (χ4v) is 4.81. The summed E-state index contributed by atoms with van der Waals surface area (Å²) in [6.45, 7) is 4.22. The number of sulfonamides is 1. The monoisotopic (exact) mass is 460 g/mol. The van der Waals surface area contributed by atoms with Gasteiger partial charge in [-0.15, -0.1) is 0 Å². The van der Waals surface area contributed by atoms with Gasteiger partial charge < -0.3 is 5.32 Å². The van der Waals surface area contributed by atoms with Crippen molar-refractivity contribution in [2.75, 3.05) is 30.2 Å². The number of nitro benzene ring substituents is 1. The fourth-order valence-electron chi connectivity index (χ4n) is 3.91. The van der Waals surface area contributed by atoms with Crippen molar-refractivity contribution in [3.05, 3.63) is 69.3 Å². The van der Waals surface area contributed by atoms with E-state index in [1.165, 1.54) is 38.0 Å². The number of carbonyl (C=O) groups excluding carboxylic acids is 1. The summed E-state index contributed by atoms with van der Waals surface area (Å²) in [6.07, 6.45) is 3.36. The minimum absolute atomic E-state index is 0.117. The van der Waals surface area contributed by atoms with E-state index in [4.69, 9.17) is 0 Å². The van der Waals surface area contributed by atoms with Gasteiger partial charge in [-0.2, -0.15) is 0 Å². The van der Waals surface area contributed by atoms with Crippen LogP contribution in [0.4, 0.5) is 11.4 Å². The average Bonchev–Trinajstić information content (AvgIpc) is 3.24. The maximum Gasteiger partial charge on any atom is 0.274 e. The minimum Gasteiger partial charge on any atom is -0.350 e. The second kappa shape index (κ2) is 10.1. The van der Waals surface area contributed by atoms with Crippen molar-refractivity contribution in [2.45, 2.75) is 32.9 Å². The maximum atomic E-state index is 12.7. The Kier molecular flexibility index (Phi) is 7.47. The first-order valence-electron chi connectivity index (χ1n) is 10.4. The number of amides is 1. The molecule has 1 aliphatic heterocycles. The van der Waals surface area contributed by atoms with E-state index < -0.39 is 27.4 Å². The first-order valence-corrected chi connectivity index (χ1v) is 12.3. The molecule has 3 rings (SSSR count). The number of nitrogens with zero attached hydrogens (tertiary/aromatic N) is 3. The Hall–Kier alpha value is -2.98. The molecule has 1 amide bonds. The van der Waals surface area contributed by atoms with Crippen LogP contribution in [-0.4, -0.2) is 50.0 Å². The summed E-state index contributed by atoms with van der Waals surface area (Å²) in [5.41, 5.74) is 2.21. The van der Waals surface area contributed by atoms with Gasteiger partial charge in [-0.05, 0) is 50.0 Å². The highest BCUT2D eigenvalue weighted by Crippen LogP contribution is 2.29. The summed E-state index contributed by atoms with van der Waals surface area (Å²) in [7, 11) is -3.84. The molecule has 9 nitrogen and oxygen atoms in total. The van der Waals surface area contributed by atoms with E-state index in [1.807, 2.05) is 24.3 Å². The Bertz CT molecular complexity index is 1100. The van der Waals surface area contributed by atoms with Gasteiger partial charge in [0.05, 0.1) is 22.4 Å². The molecule has 0 atom stereocenters. The quantitative estimate of drug-likeness (QED) is 0.455. The third-order valence-electron chi connectivity index (χ3n) is 5.62. The second-order valence-corrected chi connectivity index (χ2v) is 9.88. The number of benzene rings is 2. The van der Waals surface area contributed by atoms with Crippen LogP contribution >= 0.6 is 0 Å². The van der Waals surface area contributed by atoms with E-state index in [0.717, 1.165) is 41.3 Å². The van der Waals surface area contributed by atoms with E-state index in [2.05, 4.69) is 10.2 Å². The average molecular weight is 461 g/mol. The molecule has 1 heterocycles. The normalized spacial score (nSPS) is 14.3. The molecule has 172 valence electrons. The minimum atomic E-state index is -3.84. The molecule has 10 heteroatoms. The molecule has 0 unspecified atom stereocenters. The second-order valence-electron chi connectivity index (χ2n) is 7.98. The largest absolute Gasteiger partial charge is 0.350 e. The fraction of sp³-hybridized carbons (Fsp3) is 0.409. The Morgan fingerprint density at radius 2 is 1.78 bits per heavy atom. The third kappa shape index (κ3) is 5.83. The van der Waals surface area contributed by atoms with E-state index in [1.54, 1.807) is 0 Å². The van der Waals surface area contributed by atoms with E-state index in [0.29, 0.717) is 0 Å². The summed E-state index contributed by atoms with van der Waals surface area (Å²) in [5, 5.41) is 14.0. The highest BCUT2D eigenvalue weighted by Gasteiger charge is 2.25. The van der Waals surface area contributed by atoms with Crippen LogP contribution in [0.25, 0.3) is 0 Å². The van der Waals surface area contributed by atoms with Gasteiger partial charge in [0.15, 0.2) is 0 Å². The lowest BCUT2D eigenvalue weighted by Crippen LogP contribution is -2.40. The molecule has 32 heavy (non-hydrogen) atoms.